The van der Waals surface area contributed by atoms with E-state index in [9.17, 15) is 0 Å². The number of hydrogen-bond acceptors (Lipinski definition) is 1. The van der Waals surface area contributed by atoms with E-state index in [1.54, 1.807) is 0 Å². The molecule has 0 bridgehead atoms. The number of allylic oxidation sites excluding steroid dienone is 1. The van der Waals surface area contributed by atoms with Crippen molar-refractivity contribution < 1.29 is 0 Å². The summed E-state index contributed by atoms with van der Waals surface area (Å²) >= 11 is 3.40. The summed E-state index contributed by atoms with van der Waals surface area (Å²) in [7, 11) is 0. The molecular weight excluding hydrogens is 204 g/mol. The molecule has 1 aliphatic rings. The van der Waals surface area contributed by atoms with E-state index in [0.717, 1.165) is 16.4 Å². The maximum Gasteiger partial charge on any atom is 0.136 e. The van der Waals surface area contributed by atoms with E-state index in [-0.39, 0.29) is 0 Å². The normalized spacial score (nSPS) is 15.5. The van der Waals surface area contributed by atoms with Gasteiger partial charge in [0.25, 0.3) is 0 Å². The van der Waals surface area contributed by atoms with Gasteiger partial charge in [0.2, 0.25) is 0 Å². The largest absolute Gasteiger partial charge is 0.346 e. The summed E-state index contributed by atoms with van der Waals surface area (Å²) in [6.07, 6.45) is 6.80. The van der Waals surface area contributed by atoms with E-state index < -0.39 is 0 Å². The zero-order chi connectivity index (χ0) is 7.68. The molecule has 56 valence electrons. The second kappa shape index (κ2) is 2.66. The van der Waals surface area contributed by atoms with Crippen LogP contribution in [0.2, 0.25) is 0 Å². The molecule has 0 amide bonds. The molecule has 1 aromatic rings. The Balaban J connectivity index is 2.71. The molecule has 0 aliphatic carbocycles. The van der Waals surface area contributed by atoms with Gasteiger partial charge < -0.3 is 4.98 Å². The fraction of sp³-hybridized carbons (Fsp3) is 0.125. The number of H-pyrrole nitrogens is 1. The smallest absolute Gasteiger partial charge is 0.136 e. The summed E-state index contributed by atoms with van der Waals surface area (Å²) in [6.45, 7) is 0. The Labute approximate surface area is 72.5 Å². The quantitative estimate of drug-likeness (QED) is 0.664. The van der Waals surface area contributed by atoms with Gasteiger partial charge >= 0.3 is 0 Å². The highest BCUT2D eigenvalue weighted by atomic mass is 79.9. The van der Waals surface area contributed by atoms with Crippen LogP contribution in [-0.2, 0) is 0 Å². The Morgan fingerprint density at radius 1 is 1.55 bits per heavy atom. The first kappa shape index (κ1) is 6.85. The summed E-state index contributed by atoms with van der Waals surface area (Å²) in [5.41, 5.74) is 0.944. The maximum absolute atomic E-state index is 4.23. The van der Waals surface area contributed by atoms with E-state index in [2.05, 4.69) is 32.0 Å². The predicted molar refractivity (Wildman–Crippen MR) is 47.7 cm³/mol. The summed E-state index contributed by atoms with van der Waals surface area (Å²) in [5, 5.41) is 1.18. The summed E-state index contributed by atoms with van der Waals surface area (Å²) in [6, 6.07) is 2.03. The lowest BCUT2D eigenvalue weighted by Crippen LogP contribution is -2.21. The van der Waals surface area contributed by atoms with Crippen LogP contribution in [0.15, 0.2) is 27.9 Å². The van der Waals surface area contributed by atoms with Crippen molar-refractivity contribution in [1.82, 2.24) is 4.98 Å². The van der Waals surface area contributed by atoms with Crippen LogP contribution in [0.25, 0.3) is 6.08 Å². The number of rotatable bonds is 0. The van der Waals surface area contributed by atoms with Crippen molar-refractivity contribution in [2.24, 2.45) is 4.99 Å². The van der Waals surface area contributed by atoms with Gasteiger partial charge in [0.15, 0.2) is 0 Å². The van der Waals surface area contributed by atoms with E-state index in [1.807, 2.05) is 18.5 Å². The molecule has 0 saturated carbocycles. The maximum atomic E-state index is 4.23. The minimum absolute atomic E-state index is 0.925. The predicted octanol–water partition coefficient (Wildman–Crippen LogP) is 1.05. The highest BCUT2D eigenvalue weighted by Crippen LogP contribution is 2.10. The molecule has 2 rings (SSSR count). The van der Waals surface area contributed by atoms with Crippen molar-refractivity contribution in [3.63, 3.8) is 0 Å². The van der Waals surface area contributed by atoms with E-state index in [1.165, 1.54) is 5.22 Å². The van der Waals surface area contributed by atoms with Crippen molar-refractivity contribution in [3.8, 4) is 0 Å². The molecule has 0 unspecified atom stereocenters. The molecule has 11 heavy (non-hydrogen) atoms. The average Bonchev–Trinajstić information content (AvgIpc) is 2.38. The van der Waals surface area contributed by atoms with Gasteiger partial charge in [-0.05, 0) is 12.5 Å². The standard InChI is InChI=1S/C8H7BrN2/c9-7-2-1-6-3-4-10-8(6)11-5-7/h1,3-5H,2H2,(H,10,11). The van der Waals surface area contributed by atoms with Gasteiger partial charge in [0.1, 0.15) is 5.49 Å². The van der Waals surface area contributed by atoms with E-state index in [0.29, 0.717) is 0 Å². The molecule has 0 saturated heterocycles. The van der Waals surface area contributed by atoms with Crippen LogP contribution in [0.5, 0.6) is 0 Å². The Morgan fingerprint density at radius 2 is 2.45 bits per heavy atom. The molecule has 0 atom stereocenters. The molecule has 1 N–H and O–H groups in total. The number of nitrogens with zero attached hydrogens (tertiary/aromatic N) is 1. The third kappa shape index (κ3) is 1.28. The van der Waals surface area contributed by atoms with Crippen LogP contribution in [0.3, 0.4) is 0 Å². The molecule has 0 fully saturated rings. The fourth-order valence-corrected chi connectivity index (χ4v) is 1.31. The van der Waals surface area contributed by atoms with Crippen LogP contribution in [0.1, 0.15) is 6.42 Å². The number of fused-ring (bicyclic) bond motifs is 1. The molecular formula is C8H7BrN2. The molecule has 1 aliphatic heterocycles. The van der Waals surface area contributed by atoms with Crippen molar-refractivity contribution >= 4 is 22.0 Å². The third-order valence-corrected chi connectivity index (χ3v) is 2.14. The third-order valence-electron chi connectivity index (χ3n) is 1.61. The van der Waals surface area contributed by atoms with Crippen LogP contribution in [-0.4, -0.2) is 4.98 Å². The second-order valence-corrected chi connectivity index (χ2v) is 3.41. The van der Waals surface area contributed by atoms with Gasteiger partial charge in [-0.1, -0.05) is 22.0 Å². The minimum atomic E-state index is 0.925. The SMILES string of the molecule is BrC1=CN=c2[nH]ccc2=CC1. The number of nitrogens with one attached hydrogen (secondary N) is 1. The topological polar surface area (TPSA) is 28.1 Å². The Morgan fingerprint density at radius 3 is 3.36 bits per heavy atom. The molecule has 0 aromatic carbocycles. The molecule has 0 spiro atoms. The van der Waals surface area contributed by atoms with Gasteiger partial charge in [-0.25, -0.2) is 4.99 Å². The average molecular weight is 211 g/mol. The lowest BCUT2D eigenvalue weighted by atomic mass is 10.3. The van der Waals surface area contributed by atoms with Gasteiger partial charge in [-0.15, -0.1) is 0 Å². The summed E-state index contributed by atoms with van der Waals surface area (Å²) < 4.78 is 1.11. The number of aromatic nitrogens is 1. The highest BCUT2D eigenvalue weighted by Gasteiger charge is 1.93. The van der Waals surface area contributed by atoms with Gasteiger partial charge in [0, 0.05) is 22.1 Å². The van der Waals surface area contributed by atoms with Gasteiger partial charge in [0.05, 0.1) is 0 Å². The van der Waals surface area contributed by atoms with Crippen molar-refractivity contribution in [3.05, 3.63) is 33.7 Å². The van der Waals surface area contributed by atoms with Crippen LogP contribution in [0.4, 0.5) is 0 Å². The lowest BCUT2D eigenvalue weighted by Gasteiger charge is -1.84. The second-order valence-electron chi connectivity index (χ2n) is 2.39. The lowest BCUT2D eigenvalue weighted by molar-refractivity contribution is 1.18. The van der Waals surface area contributed by atoms with E-state index >= 15 is 0 Å². The minimum Gasteiger partial charge on any atom is -0.346 e. The zero-order valence-corrected chi connectivity index (χ0v) is 7.43. The number of aromatic amines is 1. The first-order chi connectivity index (χ1) is 5.36. The Kier molecular flexibility index (Phi) is 1.66. The first-order valence-electron chi connectivity index (χ1n) is 3.42. The summed E-state index contributed by atoms with van der Waals surface area (Å²) in [4.78, 5) is 7.29. The molecule has 2 heterocycles. The van der Waals surface area contributed by atoms with Crippen LogP contribution < -0.4 is 10.7 Å². The Bertz CT molecular complexity index is 400. The molecule has 0 radical (unpaired) electrons. The zero-order valence-electron chi connectivity index (χ0n) is 5.84. The van der Waals surface area contributed by atoms with Crippen molar-refractivity contribution in [1.29, 1.82) is 0 Å². The highest BCUT2D eigenvalue weighted by molar-refractivity contribution is 9.11. The van der Waals surface area contributed by atoms with Crippen molar-refractivity contribution in [2.75, 3.05) is 0 Å². The molecule has 1 aromatic heterocycles. The Hall–Kier alpha value is -0.830. The first-order valence-corrected chi connectivity index (χ1v) is 4.21. The van der Waals surface area contributed by atoms with Gasteiger partial charge in [-0.2, -0.15) is 0 Å². The molecule has 3 heteroatoms. The number of hydrogen-bond donors (Lipinski definition) is 1. The van der Waals surface area contributed by atoms with Crippen LogP contribution in [0, 0.1) is 0 Å². The monoisotopic (exact) mass is 210 g/mol. The van der Waals surface area contributed by atoms with E-state index in [4.69, 9.17) is 0 Å². The molecule has 2 nitrogen and oxygen atoms in total. The summed E-state index contributed by atoms with van der Waals surface area (Å²) in [5.74, 6) is 0. The van der Waals surface area contributed by atoms with Gasteiger partial charge in [-0.3, -0.25) is 0 Å². The van der Waals surface area contributed by atoms with Crippen LogP contribution >= 0.6 is 15.9 Å². The fourth-order valence-electron chi connectivity index (χ4n) is 1.04. The van der Waals surface area contributed by atoms with Crippen molar-refractivity contribution in [2.45, 2.75) is 6.42 Å². The number of halogens is 1.